The number of aromatic amines is 1. The highest BCUT2D eigenvalue weighted by atomic mass is 32.1. The predicted octanol–water partition coefficient (Wildman–Crippen LogP) is 3.62. The van der Waals surface area contributed by atoms with Crippen molar-refractivity contribution in [3.05, 3.63) is 63.8 Å². The molecule has 0 unspecified atom stereocenters. The number of aromatic nitrogens is 2. The summed E-state index contributed by atoms with van der Waals surface area (Å²) >= 11 is 1.35. The minimum absolute atomic E-state index is 0.410. The number of carbonyl (C=O) groups excluding carboxylic acids is 1. The van der Waals surface area contributed by atoms with Crippen molar-refractivity contribution in [3.8, 4) is 10.4 Å². The van der Waals surface area contributed by atoms with Crippen molar-refractivity contribution in [1.82, 2.24) is 15.5 Å². The van der Waals surface area contributed by atoms with Crippen LogP contribution < -0.4 is 5.32 Å². The van der Waals surface area contributed by atoms with Crippen molar-refractivity contribution in [2.24, 2.45) is 0 Å². The third-order valence-electron chi connectivity index (χ3n) is 4.17. The highest BCUT2D eigenvalue weighted by Gasteiger charge is 2.28. The van der Waals surface area contributed by atoms with Gasteiger partial charge >= 0.3 is 5.97 Å². The van der Waals surface area contributed by atoms with Gasteiger partial charge in [-0.05, 0) is 38.0 Å². The zero-order valence-electron chi connectivity index (χ0n) is 14.7. The molecule has 3 rings (SSSR count). The average Bonchev–Trinajstić information content (AvgIpc) is 3.16. The fourth-order valence-electron chi connectivity index (χ4n) is 2.91. The van der Waals surface area contributed by atoms with E-state index in [2.05, 4.69) is 15.5 Å². The molecule has 3 N–H and O–H groups in total. The molecule has 0 fully saturated rings. The van der Waals surface area contributed by atoms with Crippen LogP contribution in [0, 0.1) is 20.8 Å². The van der Waals surface area contributed by atoms with E-state index in [4.69, 9.17) is 0 Å². The number of carboxylic acid groups (broad SMARTS) is 1. The number of H-pyrrole nitrogens is 1. The lowest BCUT2D eigenvalue weighted by molar-refractivity contribution is -0.139. The molecule has 2 aromatic heterocycles. The molecule has 0 saturated carbocycles. The summed E-state index contributed by atoms with van der Waals surface area (Å²) in [5.74, 6) is -1.53. The van der Waals surface area contributed by atoms with Gasteiger partial charge in [0.25, 0.3) is 5.91 Å². The number of carbonyl (C=O) groups is 2. The Morgan fingerprint density at radius 3 is 2.46 bits per heavy atom. The zero-order valence-corrected chi connectivity index (χ0v) is 15.5. The van der Waals surface area contributed by atoms with E-state index in [-0.39, 0.29) is 0 Å². The SMILES string of the molecule is Cc1cc(C(=O)N[C@H](C(=O)O)c2c(C)n[nH]c2C)sc1-c1ccccc1. The summed E-state index contributed by atoms with van der Waals surface area (Å²) in [4.78, 5) is 25.9. The first-order chi connectivity index (χ1) is 12.4. The Bertz CT molecular complexity index is 940. The van der Waals surface area contributed by atoms with Crippen molar-refractivity contribution in [2.45, 2.75) is 26.8 Å². The molecule has 26 heavy (non-hydrogen) atoms. The van der Waals surface area contributed by atoms with Crippen molar-refractivity contribution < 1.29 is 14.7 Å². The minimum atomic E-state index is -1.15. The van der Waals surface area contributed by atoms with Gasteiger partial charge < -0.3 is 10.4 Å². The van der Waals surface area contributed by atoms with Crippen molar-refractivity contribution >= 4 is 23.2 Å². The molecule has 134 valence electrons. The number of rotatable bonds is 5. The van der Waals surface area contributed by atoms with Crippen LogP contribution in [0.25, 0.3) is 10.4 Å². The van der Waals surface area contributed by atoms with Gasteiger partial charge in [0.2, 0.25) is 0 Å². The smallest absolute Gasteiger partial charge is 0.331 e. The lowest BCUT2D eigenvalue weighted by atomic mass is 10.0. The number of aliphatic carboxylic acids is 1. The predicted molar refractivity (Wildman–Crippen MR) is 100 cm³/mol. The molecule has 1 atom stereocenters. The summed E-state index contributed by atoms with van der Waals surface area (Å²) < 4.78 is 0. The summed E-state index contributed by atoms with van der Waals surface area (Å²) in [5, 5.41) is 19.0. The monoisotopic (exact) mass is 369 g/mol. The van der Waals surface area contributed by atoms with Crippen LogP contribution in [0.3, 0.4) is 0 Å². The van der Waals surface area contributed by atoms with E-state index < -0.39 is 17.9 Å². The maximum Gasteiger partial charge on any atom is 0.331 e. The fourth-order valence-corrected chi connectivity index (χ4v) is 4.00. The van der Waals surface area contributed by atoms with Gasteiger partial charge in [-0.1, -0.05) is 30.3 Å². The molecular weight excluding hydrogens is 350 g/mol. The molecule has 0 aliphatic carbocycles. The Kier molecular flexibility index (Phi) is 4.90. The first-order valence-corrected chi connectivity index (χ1v) is 8.91. The van der Waals surface area contributed by atoms with Crippen LogP contribution in [0.5, 0.6) is 0 Å². The quantitative estimate of drug-likeness (QED) is 0.640. The molecule has 0 spiro atoms. The van der Waals surface area contributed by atoms with E-state index >= 15 is 0 Å². The lowest BCUT2D eigenvalue weighted by Gasteiger charge is -2.14. The third-order valence-corrected chi connectivity index (χ3v) is 5.46. The molecule has 3 aromatic rings. The van der Waals surface area contributed by atoms with Crippen LogP contribution in [0.1, 0.15) is 38.2 Å². The van der Waals surface area contributed by atoms with Crippen LogP contribution in [-0.4, -0.2) is 27.2 Å². The maximum atomic E-state index is 12.7. The highest BCUT2D eigenvalue weighted by molar-refractivity contribution is 7.17. The van der Waals surface area contributed by atoms with Crippen molar-refractivity contribution in [3.63, 3.8) is 0 Å². The summed E-state index contributed by atoms with van der Waals surface area (Å²) in [6, 6.07) is 10.4. The second kappa shape index (κ2) is 7.13. The molecule has 0 radical (unpaired) electrons. The van der Waals surface area contributed by atoms with Crippen LogP contribution in [0.4, 0.5) is 0 Å². The van der Waals surface area contributed by atoms with E-state index in [1.807, 2.05) is 37.3 Å². The third kappa shape index (κ3) is 3.39. The molecule has 0 bridgehead atoms. The van der Waals surface area contributed by atoms with E-state index in [1.54, 1.807) is 19.9 Å². The topological polar surface area (TPSA) is 95.1 Å². The largest absolute Gasteiger partial charge is 0.479 e. The van der Waals surface area contributed by atoms with Gasteiger partial charge in [0, 0.05) is 16.1 Å². The lowest BCUT2D eigenvalue weighted by Crippen LogP contribution is -2.34. The maximum absolute atomic E-state index is 12.7. The molecule has 6 nitrogen and oxygen atoms in total. The van der Waals surface area contributed by atoms with E-state index in [0.29, 0.717) is 21.8 Å². The molecule has 2 heterocycles. The van der Waals surface area contributed by atoms with Gasteiger partial charge in [0.05, 0.1) is 10.6 Å². The number of aryl methyl sites for hydroxylation is 3. The molecular formula is C19H19N3O3S. The van der Waals surface area contributed by atoms with Gasteiger partial charge in [-0.25, -0.2) is 4.79 Å². The van der Waals surface area contributed by atoms with Crippen LogP contribution in [-0.2, 0) is 4.79 Å². The van der Waals surface area contributed by atoms with E-state index in [9.17, 15) is 14.7 Å². The molecule has 0 saturated heterocycles. The summed E-state index contributed by atoms with van der Waals surface area (Å²) in [6.45, 7) is 5.39. The van der Waals surface area contributed by atoms with Crippen LogP contribution in [0.2, 0.25) is 0 Å². The Morgan fingerprint density at radius 2 is 1.88 bits per heavy atom. The molecule has 7 heteroatoms. The summed E-state index contributed by atoms with van der Waals surface area (Å²) in [5.41, 5.74) is 3.69. The number of thiophene rings is 1. The molecule has 0 aliphatic heterocycles. The zero-order chi connectivity index (χ0) is 18.8. The van der Waals surface area contributed by atoms with Gasteiger partial charge in [0.15, 0.2) is 6.04 Å². The number of benzene rings is 1. The number of amides is 1. The van der Waals surface area contributed by atoms with Crippen LogP contribution >= 0.6 is 11.3 Å². The van der Waals surface area contributed by atoms with E-state index in [1.165, 1.54) is 11.3 Å². The Morgan fingerprint density at radius 1 is 1.19 bits per heavy atom. The number of hydrogen-bond donors (Lipinski definition) is 3. The minimum Gasteiger partial charge on any atom is -0.479 e. The van der Waals surface area contributed by atoms with Gasteiger partial charge in [-0.15, -0.1) is 11.3 Å². The highest BCUT2D eigenvalue weighted by Crippen LogP contribution is 2.32. The number of carboxylic acids is 1. The number of hydrogen-bond acceptors (Lipinski definition) is 4. The Balaban J connectivity index is 1.89. The van der Waals surface area contributed by atoms with Gasteiger partial charge in [0.1, 0.15) is 0 Å². The number of nitrogens with one attached hydrogen (secondary N) is 2. The van der Waals surface area contributed by atoms with Crippen LogP contribution in [0.15, 0.2) is 36.4 Å². The Labute approximate surface area is 154 Å². The summed E-state index contributed by atoms with van der Waals surface area (Å²) in [7, 11) is 0. The Hall–Kier alpha value is -2.93. The second-order valence-corrected chi connectivity index (χ2v) is 7.13. The molecule has 0 aliphatic rings. The van der Waals surface area contributed by atoms with Crippen molar-refractivity contribution in [1.29, 1.82) is 0 Å². The normalized spacial score (nSPS) is 12.0. The fraction of sp³-hybridized carbons (Fsp3) is 0.211. The standard InChI is InChI=1S/C19H19N3O3S/c1-10-9-14(26-17(10)13-7-5-4-6-8-13)18(23)20-16(19(24)25)15-11(2)21-22-12(15)3/h4-9,16H,1-3H3,(H,20,23)(H,21,22)(H,24,25)/t16-/m0/s1. The molecule has 1 amide bonds. The van der Waals surface area contributed by atoms with Gasteiger partial charge in [-0.3, -0.25) is 9.89 Å². The summed E-state index contributed by atoms with van der Waals surface area (Å²) in [6.07, 6.45) is 0. The molecule has 1 aromatic carbocycles. The number of nitrogens with zero attached hydrogens (tertiary/aromatic N) is 1. The van der Waals surface area contributed by atoms with Crippen molar-refractivity contribution in [2.75, 3.05) is 0 Å². The van der Waals surface area contributed by atoms with E-state index in [0.717, 1.165) is 16.0 Å². The first-order valence-electron chi connectivity index (χ1n) is 8.09. The first kappa shape index (κ1) is 17.9. The second-order valence-electron chi connectivity index (χ2n) is 6.08. The van der Waals surface area contributed by atoms with Gasteiger partial charge in [-0.2, -0.15) is 5.10 Å². The average molecular weight is 369 g/mol.